The highest BCUT2D eigenvalue weighted by Gasteiger charge is 2.32. The molecule has 0 bridgehead atoms. The van der Waals surface area contributed by atoms with E-state index in [9.17, 15) is 9.90 Å². The van der Waals surface area contributed by atoms with Crippen LogP contribution in [-0.4, -0.2) is 23.2 Å². The Bertz CT molecular complexity index is 249. The van der Waals surface area contributed by atoms with E-state index in [1.54, 1.807) is 0 Å². The second kappa shape index (κ2) is 5.77. The summed E-state index contributed by atoms with van der Waals surface area (Å²) in [7, 11) is 0. The van der Waals surface area contributed by atoms with Crippen LogP contribution in [0.5, 0.6) is 0 Å². The number of amides is 1. The van der Waals surface area contributed by atoms with Gasteiger partial charge in [-0.15, -0.1) is 12.3 Å². The fourth-order valence-corrected chi connectivity index (χ4v) is 2.10. The number of aliphatic hydroxyl groups is 1. The summed E-state index contributed by atoms with van der Waals surface area (Å²) in [6.07, 6.45) is 11.0. The molecule has 0 unspecified atom stereocenters. The molecule has 0 aromatic rings. The summed E-state index contributed by atoms with van der Waals surface area (Å²) >= 11 is 0. The number of hydrogen-bond acceptors (Lipinski definition) is 2. The molecule has 1 aliphatic carbocycles. The first-order chi connectivity index (χ1) is 7.22. The maximum absolute atomic E-state index is 11.5. The zero-order valence-corrected chi connectivity index (χ0v) is 9.09. The molecule has 1 saturated carbocycles. The smallest absolute Gasteiger partial charge is 0.221 e. The Morgan fingerprint density at radius 3 is 2.60 bits per heavy atom. The van der Waals surface area contributed by atoms with Crippen molar-refractivity contribution in [2.24, 2.45) is 0 Å². The maximum Gasteiger partial charge on any atom is 0.221 e. The van der Waals surface area contributed by atoms with E-state index in [0.29, 0.717) is 12.8 Å². The highest BCUT2D eigenvalue weighted by atomic mass is 16.3. The summed E-state index contributed by atoms with van der Waals surface area (Å²) in [5.41, 5.74) is -0.371. The predicted octanol–water partition coefficient (Wildman–Crippen LogP) is 1.21. The zero-order chi connectivity index (χ0) is 11.1. The van der Waals surface area contributed by atoms with Crippen LogP contribution < -0.4 is 5.32 Å². The van der Waals surface area contributed by atoms with E-state index in [-0.39, 0.29) is 18.1 Å². The lowest BCUT2D eigenvalue weighted by Gasteiger charge is -2.36. The quantitative estimate of drug-likeness (QED) is 0.684. The largest absolute Gasteiger partial charge is 0.394 e. The molecule has 0 aromatic carbocycles. The summed E-state index contributed by atoms with van der Waals surface area (Å²) in [6, 6.07) is 0. The molecule has 0 aliphatic heterocycles. The Morgan fingerprint density at radius 1 is 1.40 bits per heavy atom. The van der Waals surface area contributed by atoms with Crippen LogP contribution in [-0.2, 0) is 4.79 Å². The van der Waals surface area contributed by atoms with Gasteiger partial charge < -0.3 is 10.4 Å². The molecule has 0 atom stereocenters. The standard InChI is InChI=1S/C12H19NO2/c1-2-3-7-11(15)13-12(10-14)8-5-4-6-9-12/h1,14H,3-10H2,(H,13,15). The molecule has 0 aromatic heterocycles. The van der Waals surface area contributed by atoms with Gasteiger partial charge in [-0.05, 0) is 12.8 Å². The highest BCUT2D eigenvalue weighted by Crippen LogP contribution is 2.27. The van der Waals surface area contributed by atoms with Gasteiger partial charge in [-0.1, -0.05) is 19.3 Å². The summed E-state index contributed by atoms with van der Waals surface area (Å²) in [4.78, 5) is 11.5. The van der Waals surface area contributed by atoms with Crippen molar-refractivity contribution in [3.63, 3.8) is 0 Å². The molecule has 1 aliphatic rings. The first-order valence-corrected chi connectivity index (χ1v) is 5.58. The molecule has 15 heavy (non-hydrogen) atoms. The molecular formula is C12H19NO2. The molecule has 0 saturated heterocycles. The molecule has 3 heteroatoms. The van der Waals surface area contributed by atoms with Crippen molar-refractivity contribution < 1.29 is 9.90 Å². The van der Waals surface area contributed by atoms with E-state index in [2.05, 4.69) is 11.2 Å². The van der Waals surface area contributed by atoms with Crippen LogP contribution in [0.15, 0.2) is 0 Å². The Hall–Kier alpha value is -1.01. The third kappa shape index (κ3) is 3.56. The normalized spacial score (nSPS) is 19.2. The van der Waals surface area contributed by atoms with Crippen molar-refractivity contribution >= 4 is 5.91 Å². The zero-order valence-electron chi connectivity index (χ0n) is 9.09. The van der Waals surface area contributed by atoms with Crippen LogP contribution in [0.25, 0.3) is 0 Å². The van der Waals surface area contributed by atoms with E-state index in [1.165, 1.54) is 6.42 Å². The highest BCUT2D eigenvalue weighted by molar-refractivity contribution is 5.77. The molecule has 2 N–H and O–H groups in total. The van der Waals surface area contributed by atoms with Crippen LogP contribution in [0.4, 0.5) is 0 Å². The van der Waals surface area contributed by atoms with Crippen molar-refractivity contribution in [3.05, 3.63) is 0 Å². The van der Waals surface area contributed by atoms with Crippen molar-refractivity contribution in [1.29, 1.82) is 0 Å². The van der Waals surface area contributed by atoms with E-state index in [0.717, 1.165) is 25.7 Å². The van der Waals surface area contributed by atoms with Crippen molar-refractivity contribution in [1.82, 2.24) is 5.32 Å². The predicted molar refractivity (Wildman–Crippen MR) is 59.1 cm³/mol. The average Bonchev–Trinajstić information content (AvgIpc) is 2.27. The number of carbonyl (C=O) groups excluding carboxylic acids is 1. The van der Waals surface area contributed by atoms with Gasteiger partial charge in [0.05, 0.1) is 12.1 Å². The third-order valence-corrected chi connectivity index (χ3v) is 3.01. The SMILES string of the molecule is C#CCCC(=O)NC1(CO)CCCCC1. The van der Waals surface area contributed by atoms with E-state index < -0.39 is 0 Å². The van der Waals surface area contributed by atoms with Gasteiger partial charge in [0.1, 0.15) is 0 Å². The molecular weight excluding hydrogens is 190 g/mol. The minimum Gasteiger partial charge on any atom is -0.394 e. The minimum atomic E-state index is -0.371. The van der Waals surface area contributed by atoms with Crippen LogP contribution in [0.3, 0.4) is 0 Å². The second-order valence-corrected chi connectivity index (χ2v) is 4.25. The number of carbonyl (C=O) groups is 1. The lowest BCUT2D eigenvalue weighted by molar-refractivity contribution is -0.124. The van der Waals surface area contributed by atoms with E-state index in [4.69, 9.17) is 6.42 Å². The van der Waals surface area contributed by atoms with Crippen LogP contribution >= 0.6 is 0 Å². The van der Waals surface area contributed by atoms with Crippen molar-refractivity contribution in [2.75, 3.05) is 6.61 Å². The van der Waals surface area contributed by atoms with Gasteiger partial charge in [0, 0.05) is 12.8 Å². The third-order valence-electron chi connectivity index (χ3n) is 3.01. The van der Waals surface area contributed by atoms with Crippen LogP contribution in [0.1, 0.15) is 44.9 Å². The first kappa shape index (κ1) is 12.1. The topological polar surface area (TPSA) is 49.3 Å². The molecule has 84 valence electrons. The monoisotopic (exact) mass is 209 g/mol. The summed E-state index contributed by atoms with van der Waals surface area (Å²) in [5.74, 6) is 2.40. The number of rotatable bonds is 4. The first-order valence-electron chi connectivity index (χ1n) is 5.58. The van der Waals surface area contributed by atoms with Gasteiger partial charge in [0.2, 0.25) is 5.91 Å². The molecule has 3 nitrogen and oxygen atoms in total. The van der Waals surface area contributed by atoms with Gasteiger partial charge in [-0.2, -0.15) is 0 Å². The molecule has 1 amide bonds. The molecule has 1 rings (SSSR count). The molecule has 0 spiro atoms. The van der Waals surface area contributed by atoms with Gasteiger partial charge >= 0.3 is 0 Å². The Morgan fingerprint density at radius 2 is 2.07 bits per heavy atom. The van der Waals surface area contributed by atoms with Gasteiger partial charge in [-0.3, -0.25) is 4.79 Å². The lowest BCUT2D eigenvalue weighted by atomic mass is 9.82. The van der Waals surface area contributed by atoms with E-state index in [1.807, 2.05) is 0 Å². The minimum absolute atomic E-state index is 0.0365. The maximum atomic E-state index is 11.5. The number of nitrogens with one attached hydrogen (secondary N) is 1. The second-order valence-electron chi connectivity index (χ2n) is 4.25. The van der Waals surface area contributed by atoms with Crippen molar-refractivity contribution in [3.8, 4) is 12.3 Å². The molecule has 0 radical (unpaired) electrons. The van der Waals surface area contributed by atoms with Gasteiger partial charge in [-0.25, -0.2) is 0 Å². The summed E-state index contributed by atoms with van der Waals surface area (Å²) in [6.45, 7) is 0.0365. The summed E-state index contributed by atoms with van der Waals surface area (Å²) in [5, 5.41) is 12.3. The van der Waals surface area contributed by atoms with Crippen LogP contribution in [0.2, 0.25) is 0 Å². The Labute approximate surface area is 91.3 Å². The van der Waals surface area contributed by atoms with Gasteiger partial charge in [0.15, 0.2) is 0 Å². The van der Waals surface area contributed by atoms with Crippen molar-refractivity contribution in [2.45, 2.75) is 50.5 Å². The molecule has 0 heterocycles. The van der Waals surface area contributed by atoms with E-state index >= 15 is 0 Å². The van der Waals surface area contributed by atoms with Crippen LogP contribution in [0, 0.1) is 12.3 Å². The Balaban J connectivity index is 2.44. The molecule has 1 fully saturated rings. The summed E-state index contributed by atoms with van der Waals surface area (Å²) < 4.78 is 0. The lowest BCUT2D eigenvalue weighted by Crippen LogP contribution is -2.52. The average molecular weight is 209 g/mol. The number of terminal acetylenes is 1. The van der Waals surface area contributed by atoms with Gasteiger partial charge in [0.25, 0.3) is 0 Å². The number of aliphatic hydroxyl groups excluding tert-OH is 1. The fourth-order valence-electron chi connectivity index (χ4n) is 2.10. The fraction of sp³-hybridized carbons (Fsp3) is 0.750. The number of hydrogen-bond donors (Lipinski definition) is 2. The Kier molecular flexibility index (Phi) is 4.64.